The maximum absolute atomic E-state index is 2.27. The molecule has 0 bridgehead atoms. The van der Waals surface area contributed by atoms with E-state index in [2.05, 4.69) is 72.0 Å². The van der Waals surface area contributed by atoms with Gasteiger partial charge in [0.1, 0.15) is 0 Å². The van der Waals surface area contributed by atoms with E-state index in [-0.39, 0.29) is 0 Å². The highest BCUT2D eigenvalue weighted by Crippen LogP contribution is 2.20. The van der Waals surface area contributed by atoms with Gasteiger partial charge in [0.05, 0.1) is 11.5 Å². The summed E-state index contributed by atoms with van der Waals surface area (Å²) in [4.78, 5) is 0. The highest BCUT2D eigenvalue weighted by atomic mass is 33.1. The standard InChI is InChI=1S/C18H26N2S2/c1-3-17-5-9-19(10-6-17)13-15-21-22-16-14-20-11-7-18(4-2)8-12-20/h5-12H,3-4,13-16H2,1-2H3/q+2. The molecule has 2 heterocycles. The molecule has 0 saturated heterocycles. The summed E-state index contributed by atoms with van der Waals surface area (Å²) in [7, 11) is 3.93. The highest BCUT2D eigenvalue weighted by Gasteiger charge is 2.03. The molecule has 22 heavy (non-hydrogen) atoms. The lowest BCUT2D eigenvalue weighted by atomic mass is 10.2. The molecule has 2 rings (SSSR count). The molecule has 0 amide bonds. The van der Waals surface area contributed by atoms with Crippen LogP contribution < -0.4 is 9.13 Å². The first-order valence-electron chi connectivity index (χ1n) is 8.02. The van der Waals surface area contributed by atoms with Crippen LogP contribution in [0.3, 0.4) is 0 Å². The predicted molar refractivity (Wildman–Crippen MR) is 96.9 cm³/mol. The maximum atomic E-state index is 2.27. The number of nitrogens with zero attached hydrogens (tertiary/aromatic N) is 2. The van der Waals surface area contributed by atoms with Gasteiger partial charge in [-0.15, -0.1) is 0 Å². The monoisotopic (exact) mass is 334 g/mol. The van der Waals surface area contributed by atoms with Gasteiger partial charge < -0.3 is 0 Å². The molecule has 0 N–H and O–H groups in total. The van der Waals surface area contributed by atoms with Crippen LogP contribution in [0.2, 0.25) is 0 Å². The summed E-state index contributed by atoms with van der Waals surface area (Å²) in [6.45, 7) is 6.56. The van der Waals surface area contributed by atoms with Crippen molar-refractivity contribution in [3.05, 3.63) is 60.2 Å². The minimum atomic E-state index is 1.08. The number of aromatic nitrogens is 2. The lowest BCUT2D eigenvalue weighted by Crippen LogP contribution is -2.34. The number of rotatable bonds is 9. The Morgan fingerprint density at radius 3 is 1.36 bits per heavy atom. The van der Waals surface area contributed by atoms with Gasteiger partial charge in [-0.25, -0.2) is 9.13 Å². The summed E-state index contributed by atoms with van der Waals surface area (Å²) in [5.74, 6) is 2.31. The van der Waals surface area contributed by atoms with Crippen molar-refractivity contribution in [1.29, 1.82) is 0 Å². The zero-order valence-corrected chi connectivity index (χ0v) is 15.2. The van der Waals surface area contributed by atoms with Crippen LogP contribution in [-0.2, 0) is 25.9 Å². The van der Waals surface area contributed by atoms with Crippen LogP contribution in [0, 0.1) is 0 Å². The molecule has 118 valence electrons. The first-order valence-corrected chi connectivity index (χ1v) is 10.5. The first-order chi connectivity index (χ1) is 10.8. The Morgan fingerprint density at radius 2 is 1.05 bits per heavy atom. The third kappa shape index (κ3) is 6.01. The number of hydrogen-bond acceptors (Lipinski definition) is 2. The van der Waals surface area contributed by atoms with Crippen LogP contribution in [-0.4, -0.2) is 11.5 Å². The smallest absolute Gasteiger partial charge is 0.169 e. The van der Waals surface area contributed by atoms with Crippen LogP contribution in [0.5, 0.6) is 0 Å². The Balaban J connectivity index is 1.58. The quantitative estimate of drug-likeness (QED) is 0.394. The average Bonchev–Trinajstić information content (AvgIpc) is 2.59. The Morgan fingerprint density at radius 1 is 0.682 bits per heavy atom. The van der Waals surface area contributed by atoms with Gasteiger partial charge in [-0.2, -0.15) is 0 Å². The van der Waals surface area contributed by atoms with E-state index in [1.807, 2.05) is 21.6 Å². The molecular formula is C18H26N2S2+2. The van der Waals surface area contributed by atoms with Crippen molar-refractivity contribution in [2.45, 2.75) is 39.8 Å². The van der Waals surface area contributed by atoms with Gasteiger partial charge in [-0.3, -0.25) is 0 Å². The Bertz CT molecular complexity index is 487. The zero-order chi connectivity index (χ0) is 15.6. The molecule has 0 aliphatic heterocycles. The normalized spacial score (nSPS) is 10.8. The molecular weight excluding hydrogens is 308 g/mol. The molecule has 0 saturated carbocycles. The van der Waals surface area contributed by atoms with E-state index in [1.54, 1.807) is 0 Å². The summed E-state index contributed by atoms with van der Waals surface area (Å²) < 4.78 is 4.54. The molecule has 0 aliphatic carbocycles. The second kappa shape index (κ2) is 9.90. The first kappa shape index (κ1) is 17.4. The molecule has 4 heteroatoms. The second-order valence-electron chi connectivity index (χ2n) is 5.24. The summed E-state index contributed by atoms with van der Waals surface area (Å²) in [6.07, 6.45) is 11.0. The second-order valence-corrected chi connectivity index (χ2v) is 7.94. The molecule has 0 atom stereocenters. The molecule has 2 aromatic heterocycles. The van der Waals surface area contributed by atoms with E-state index < -0.39 is 0 Å². The molecule has 0 spiro atoms. The Labute approximate surface area is 142 Å². The molecule has 2 aromatic rings. The Hall–Kier alpha value is -1.00. The predicted octanol–water partition coefficient (Wildman–Crippen LogP) is 3.47. The fraction of sp³-hybridized carbons (Fsp3) is 0.444. The van der Waals surface area contributed by atoms with Crippen LogP contribution in [0.15, 0.2) is 49.1 Å². The van der Waals surface area contributed by atoms with Crippen molar-refractivity contribution in [2.24, 2.45) is 0 Å². The van der Waals surface area contributed by atoms with Gasteiger partial charge in [0, 0.05) is 24.3 Å². The molecule has 0 aliphatic rings. The Kier molecular flexibility index (Phi) is 7.81. The average molecular weight is 335 g/mol. The van der Waals surface area contributed by atoms with Crippen LogP contribution >= 0.6 is 21.6 Å². The van der Waals surface area contributed by atoms with E-state index in [4.69, 9.17) is 0 Å². The minimum absolute atomic E-state index is 1.08. The fourth-order valence-electron chi connectivity index (χ4n) is 2.15. The van der Waals surface area contributed by atoms with E-state index in [9.17, 15) is 0 Å². The van der Waals surface area contributed by atoms with E-state index in [1.165, 1.54) is 11.1 Å². The number of hydrogen-bond donors (Lipinski definition) is 0. The SMILES string of the molecule is CCc1cc[n+](CCSSCC[n+]2ccc(CC)cc2)cc1. The molecule has 0 radical (unpaired) electrons. The van der Waals surface area contributed by atoms with Gasteiger partial charge in [-0.1, -0.05) is 35.4 Å². The van der Waals surface area contributed by atoms with Crippen LogP contribution in [0.1, 0.15) is 25.0 Å². The van der Waals surface area contributed by atoms with Gasteiger partial charge in [0.25, 0.3) is 0 Å². The lowest BCUT2D eigenvalue weighted by Gasteiger charge is -2.00. The van der Waals surface area contributed by atoms with Crippen molar-refractivity contribution in [3.63, 3.8) is 0 Å². The minimum Gasteiger partial charge on any atom is -0.204 e. The van der Waals surface area contributed by atoms with Crippen LogP contribution in [0.4, 0.5) is 0 Å². The molecule has 2 nitrogen and oxygen atoms in total. The topological polar surface area (TPSA) is 7.76 Å². The van der Waals surface area contributed by atoms with Gasteiger partial charge in [-0.05, 0) is 24.0 Å². The van der Waals surface area contributed by atoms with E-state index in [0.717, 1.165) is 37.4 Å². The largest absolute Gasteiger partial charge is 0.204 e. The summed E-state index contributed by atoms with van der Waals surface area (Å²) in [5, 5.41) is 0. The third-order valence-electron chi connectivity index (χ3n) is 3.69. The van der Waals surface area contributed by atoms with E-state index in [0.29, 0.717) is 0 Å². The van der Waals surface area contributed by atoms with Crippen LogP contribution in [0.25, 0.3) is 0 Å². The third-order valence-corrected chi connectivity index (χ3v) is 6.05. The molecule has 0 aromatic carbocycles. The van der Waals surface area contributed by atoms with Gasteiger partial charge >= 0.3 is 0 Å². The highest BCUT2D eigenvalue weighted by molar-refractivity contribution is 8.76. The lowest BCUT2D eigenvalue weighted by molar-refractivity contribution is -0.692. The zero-order valence-electron chi connectivity index (χ0n) is 13.6. The molecule has 0 fully saturated rings. The number of pyridine rings is 2. The maximum Gasteiger partial charge on any atom is 0.169 e. The van der Waals surface area contributed by atoms with E-state index >= 15 is 0 Å². The summed E-state index contributed by atoms with van der Waals surface area (Å²) >= 11 is 0. The van der Waals surface area contributed by atoms with Crippen molar-refractivity contribution < 1.29 is 9.13 Å². The fourth-order valence-corrected chi connectivity index (χ4v) is 4.11. The van der Waals surface area contributed by atoms with Crippen molar-refractivity contribution in [3.8, 4) is 0 Å². The van der Waals surface area contributed by atoms with Crippen molar-refractivity contribution in [2.75, 3.05) is 11.5 Å². The number of aryl methyl sites for hydroxylation is 4. The van der Waals surface area contributed by atoms with Crippen molar-refractivity contribution >= 4 is 21.6 Å². The summed E-state index contributed by atoms with van der Waals surface area (Å²) in [6, 6.07) is 8.87. The van der Waals surface area contributed by atoms with Gasteiger partial charge in [0.15, 0.2) is 37.9 Å². The summed E-state index contributed by atoms with van der Waals surface area (Å²) in [5.41, 5.74) is 2.81. The molecule has 0 unspecified atom stereocenters. The van der Waals surface area contributed by atoms with Crippen molar-refractivity contribution in [1.82, 2.24) is 0 Å². The van der Waals surface area contributed by atoms with Gasteiger partial charge in [0.2, 0.25) is 0 Å².